The van der Waals surface area contributed by atoms with Crippen LogP contribution in [0.4, 0.5) is 5.69 Å². The van der Waals surface area contributed by atoms with Crippen molar-refractivity contribution in [3.63, 3.8) is 0 Å². The van der Waals surface area contributed by atoms with Gasteiger partial charge < -0.3 is 10.1 Å². The maximum Gasteiger partial charge on any atom is 0.229 e. The van der Waals surface area contributed by atoms with Gasteiger partial charge in [0.05, 0.1) is 12.5 Å². The Morgan fingerprint density at radius 1 is 1.39 bits per heavy atom. The van der Waals surface area contributed by atoms with Crippen LogP contribution in [0.1, 0.15) is 24.0 Å². The Morgan fingerprint density at radius 2 is 2.06 bits per heavy atom. The van der Waals surface area contributed by atoms with E-state index in [4.69, 9.17) is 4.74 Å². The lowest BCUT2D eigenvalue weighted by molar-refractivity contribution is -0.123. The van der Waals surface area contributed by atoms with Gasteiger partial charge in [0, 0.05) is 16.8 Å². The van der Waals surface area contributed by atoms with E-state index in [1.807, 2.05) is 26.0 Å². The lowest BCUT2D eigenvalue weighted by Gasteiger charge is -2.21. The molecule has 98 valence electrons. The minimum absolute atomic E-state index is 0.0111. The molecule has 18 heavy (non-hydrogen) atoms. The number of anilines is 1. The highest BCUT2D eigenvalue weighted by molar-refractivity contribution is 9.10. The third-order valence-electron chi connectivity index (χ3n) is 3.24. The van der Waals surface area contributed by atoms with Crippen molar-refractivity contribution in [3.8, 4) is 0 Å². The van der Waals surface area contributed by atoms with Crippen molar-refractivity contribution in [2.24, 2.45) is 5.92 Å². The number of aryl methyl sites for hydroxylation is 2. The van der Waals surface area contributed by atoms with Gasteiger partial charge >= 0.3 is 0 Å². The zero-order valence-corrected chi connectivity index (χ0v) is 12.3. The fraction of sp³-hybridized carbons (Fsp3) is 0.500. The molecule has 1 amide bonds. The van der Waals surface area contributed by atoms with Crippen LogP contribution in [0.3, 0.4) is 0 Å². The van der Waals surface area contributed by atoms with E-state index >= 15 is 0 Å². The second-order valence-electron chi connectivity index (χ2n) is 4.83. The molecule has 2 rings (SSSR count). The smallest absolute Gasteiger partial charge is 0.229 e. The van der Waals surface area contributed by atoms with E-state index in [2.05, 4.69) is 21.2 Å². The van der Waals surface area contributed by atoms with Gasteiger partial charge in [0.2, 0.25) is 5.91 Å². The van der Waals surface area contributed by atoms with Crippen LogP contribution in [0.2, 0.25) is 0 Å². The topological polar surface area (TPSA) is 38.3 Å². The monoisotopic (exact) mass is 311 g/mol. The minimum atomic E-state index is -0.0111. The van der Waals surface area contributed by atoms with Crippen molar-refractivity contribution in [3.05, 3.63) is 27.7 Å². The Morgan fingerprint density at radius 3 is 2.61 bits per heavy atom. The second-order valence-corrected chi connectivity index (χ2v) is 5.62. The summed E-state index contributed by atoms with van der Waals surface area (Å²) in [4.78, 5) is 12.1. The predicted octanol–water partition coefficient (Wildman–Crippen LogP) is 3.43. The summed E-state index contributed by atoms with van der Waals surface area (Å²) >= 11 is 3.52. The highest BCUT2D eigenvalue weighted by Gasteiger charge is 2.21. The molecule has 4 heteroatoms. The summed E-state index contributed by atoms with van der Waals surface area (Å²) in [5.74, 6) is 0.0545. The third-order valence-corrected chi connectivity index (χ3v) is 4.49. The molecule has 1 aromatic carbocycles. The van der Waals surface area contributed by atoms with E-state index in [1.54, 1.807) is 0 Å². The average Bonchev–Trinajstić information content (AvgIpc) is 2.37. The van der Waals surface area contributed by atoms with Crippen LogP contribution >= 0.6 is 15.9 Å². The maximum absolute atomic E-state index is 12.1. The molecule has 0 aliphatic carbocycles. The highest BCUT2D eigenvalue weighted by Crippen LogP contribution is 2.25. The number of ether oxygens (including phenoxy) is 1. The van der Waals surface area contributed by atoms with Gasteiger partial charge in [-0.05, 0) is 49.9 Å². The van der Waals surface area contributed by atoms with E-state index in [1.165, 1.54) is 0 Å². The van der Waals surface area contributed by atoms with Crippen LogP contribution in [0.15, 0.2) is 16.6 Å². The first-order valence-electron chi connectivity index (χ1n) is 6.23. The van der Waals surface area contributed by atoms with Crippen LogP contribution in [0, 0.1) is 19.8 Å². The Labute approximate surface area is 116 Å². The number of amides is 1. The van der Waals surface area contributed by atoms with Crippen LogP contribution < -0.4 is 5.32 Å². The summed E-state index contributed by atoms with van der Waals surface area (Å²) in [6.07, 6.45) is 1.89. The van der Waals surface area contributed by atoms with Crippen LogP contribution in [-0.2, 0) is 9.53 Å². The Balaban J connectivity index is 2.06. The molecule has 0 bridgehead atoms. The standard InChI is InChI=1S/C14H18BrNO2/c1-9-6-12(7-10(2)13(9)15)16-14(17)11-4-3-5-18-8-11/h6-7,11H,3-5,8H2,1-2H3,(H,16,17). The van der Waals surface area contributed by atoms with Gasteiger partial charge in [0.25, 0.3) is 0 Å². The lowest BCUT2D eigenvalue weighted by Crippen LogP contribution is -2.30. The molecule has 1 fully saturated rings. The molecule has 0 radical (unpaired) electrons. The molecule has 3 nitrogen and oxygen atoms in total. The molecule has 1 heterocycles. The first-order valence-corrected chi connectivity index (χ1v) is 7.02. The molecule has 1 unspecified atom stereocenters. The number of halogens is 1. The van der Waals surface area contributed by atoms with Gasteiger partial charge in [-0.3, -0.25) is 4.79 Å². The van der Waals surface area contributed by atoms with E-state index in [9.17, 15) is 4.79 Å². The molecule has 0 saturated carbocycles. The Hall–Kier alpha value is -0.870. The molecular formula is C14H18BrNO2. The molecule has 1 aliphatic heterocycles. The van der Waals surface area contributed by atoms with Gasteiger partial charge in [-0.1, -0.05) is 15.9 Å². The summed E-state index contributed by atoms with van der Waals surface area (Å²) in [6, 6.07) is 3.97. The van der Waals surface area contributed by atoms with Crippen LogP contribution in [-0.4, -0.2) is 19.1 Å². The largest absolute Gasteiger partial charge is 0.381 e. The highest BCUT2D eigenvalue weighted by atomic mass is 79.9. The molecule has 1 aliphatic rings. The fourth-order valence-corrected chi connectivity index (χ4v) is 2.44. The zero-order valence-electron chi connectivity index (χ0n) is 10.8. The van der Waals surface area contributed by atoms with Crippen LogP contribution in [0.5, 0.6) is 0 Å². The summed E-state index contributed by atoms with van der Waals surface area (Å²) in [6.45, 7) is 5.37. The quantitative estimate of drug-likeness (QED) is 0.908. The Bertz CT molecular complexity index is 430. The first-order chi connectivity index (χ1) is 8.58. The van der Waals surface area contributed by atoms with Gasteiger partial charge in [-0.25, -0.2) is 0 Å². The van der Waals surface area contributed by atoms with Crippen molar-refractivity contribution in [2.75, 3.05) is 18.5 Å². The van der Waals surface area contributed by atoms with E-state index < -0.39 is 0 Å². The van der Waals surface area contributed by atoms with Gasteiger partial charge in [-0.2, -0.15) is 0 Å². The van der Waals surface area contributed by atoms with Crippen molar-refractivity contribution >= 4 is 27.5 Å². The van der Waals surface area contributed by atoms with Gasteiger partial charge in [0.15, 0.2) is 0 Å². The Kier molecular flexibility index (Phi) is 4.40. The molecule has 1 N–H and O–H groups in total. The summed E-state index contributed by atoms with van der Waals surface area (Å²) in [7, 11) is 0. The SMILES string of the molecule is Cc1cc(NC(=O)C2CCCOC2)cc(C)c1Br. The number of rotatable bonds is 2. The van der Waals surface area contributed by atoms with Crippen molar-refractivity contribution in [1.82, 2.24) is 0 Å². The van der Waals surface area contributed by atoms with E-state index in [0.717, 1.165) is 40.7 Å². The van der Waals surface area contributed by atoms with Crippen molar-refractivity contribution in [1.29, 1.82) is 0 Å². The van der Waals surface area contributed by atoms with E-state index in [-0.39, 0.29) is 11.8 Å². The first kappa shape index (κ1) is 13.6. The average molecular weight is 312 g/mol. The number of carbonyl (C=O) groups is 1. The number of nitrogens with one attached hydrogen (secondary N) is 1. The number of carbonyl (C=O) groups excluding carboxylic acids is 1. The van der Waals surface area contributed by atoms with Gasteiger partial charge in [-0.15, -0.1) is 0 Å². The molecule has 1 atom stereocenters. The predicted molar refractivity (Wildman–Crippen MR) is 75.8 cm³/mol. The van der Waals surface area contributed by atoms with Crippen LogP contribution in [0.25, 0.3) is 0 Å². The zero-order chi connectivity index (χ0) is 13.1. The lowest BCUT2D eigenvalue weighted by atomic mass is 10.0. The third kappa shape index (κ3) is 3.12. The fourth-order valence-electron chi connectivity index (χ4n) is 2.21. The molecular weight excluding hydrogens is 294 g/mol. The molecule has 1 saturated heterocycles. The summed E-state index contributed by atoms with van der Waals surface area (Å²) in [5.41, 5.74) is 3.12. The molecule has 0 spiro atoms. The number of benzene rings is 1. The van der Waals surface area contributed by atoms with E-state index in [0.29, 0.717) is 6.61 Å². The second kappa shape index (κ2) is 5.85. The summed E-state index contributed by atoms with van der Waals surface area (Å²) < 4.78 is 6.44. The molecule has 1 aromatic rings. The normalized spacial score (nSPS) is 19.6. The van der Waals surface area contributed by atoms with Crippen molar-refractivity contribution in [2.45, 2.75) is 26.7 Å². The molecule has 0 aromatic heterocycles. The van der Waals surface area contributed by atoms with Crippen molar-refractivity contribution < 1.29 is 9.53 Å². The minimum Gasteiger partial charge on any atom is -0.381 e. The van der Waals surface area contributed by atoms with Gasteiger partial charge in [0.1, 0.15) is 0 Å². The maximum atomic E-state index is 12.1. The number of hydrogen-bond acceptors (Lipinski definition) is 2. The summed E-state index contributed by atoms with van der Waals surface area (Å²) in [5, 5.41) is 2.98. The number of hydrogen-bond donors (Lipinski definition) is 1.